The maximum Gasteiger partial charge on any atom is 0.410 e. The fourth-order valence-electron chi connectivity index (χ4n) is 2.53. The molecule has 1 N–H and O–H groups in total. The molecule has 1 aliphatic rings. The van der Waals surface area contributed by atoms with E-state index in [1.54, 1.807) is 18.3 Å². The van der Waals surface area contributed by atoms with Gasteiger partial charge in [0.05, 0.1) is 19.4 Å². The number of ether oxygens (including phenoxy) is 3. The van der Waals surface area contributed by atoms with Crippen molar-refractivity contribution < 1.29 is 23.8 Å². The van der Waals surface area contributed by atoms with E-state index in [2.05, 4.69) is 5.32 Å². The van der Waals surface area contributed by atoms with Gasteiger partial charge in [-0.25, -0.2) is 9.59 Å². The average Bonchev–Trinajstić information content (AvgIpc) is 2.82. The Bertz CT molecular complexity index is 491. The minimum atomic E-state index is -0.556. The van der Waals surface area contributed by atoms with E-state index in [1.807, 2.05) is 47.6 Å². The molecule has 25 heavy (non-hydrogen) atoms. The van der Waals surface area contributed by atoms with Crippen LogP contribution in [0.3, 0.4) is 0 Å². The number of methoxy groups -OCH3 is 1. The summed E-state index contributed by atoms with van der Waals surface area (Å²) in [6.45, 7) is 11.9. The summed E-state index contributed by atoms with van der Waals surface area (Å²) in [5.74, 6) is 0.117. The van der Waals surface area contributed by atoms with Crippen LogP contribution in [0, 0.1) is 5.92 Å². The third-order valence-corrected chi connectivity index (χ3v) is 3.43. The van der Waals surface area contributed by atoms with E-state index in [4.69, 9.17) is 14.2 Å². The molecular weight excluding hydrogens is 324 g/mol. The molecule has 1 aliphatic heterocycles. The largest absolute Gasteiger partial charge is 0.505 e. The highest BCUT2D eigenvalue weighted by atomic mass is 16.6. The van der Waals surface area contributed by atoms with Crippen molar-refractivity contribution in [1.82, 2.24) is 10.2 Å². The molecule has 0 unspecified atom stereocenters. The first-order valence-electron chi connectivity index (χ1n) is 8.57. The molecule has 0 spiro atoms. The van der Waals surface area contributed by atoms with Gasteiger partial charge in [-0.1, -0.05) is 0 Å². The van der Waals surface area contributed by atoms with Gasteiger partial charge in [0, 0.05) is 13.1 Å². The van der Waals surface area contributed by atoms with E-state index in [-0.39, 0.29) is 18.1 Å². The lowest BCUT2D eigenvalue weighted by atomic mass is 10.1. The highest BCUT2D eigenvalue weighted by Gasteiger charge is 2.36. The van der Waals surface area contributed by atoms with Gasteiger partial charge in [0.1, 0.15) is 11.2 Å². The summed E-state index contributed by atoms with van der Waals surface area (Å²) in [4.78, 5) is 25.9. The lowest BCUT2D eigenvalue weighted by molar-refractivity contribution is 0.0249. The maximum atomic E-state index is 12.4. The van der Waals surface area contributed by atoms with Crippen LogP contribution in [-0.2, 0) is 14.2 Å². The molecule has 0 saturated carbocycles. The second kappa shape index (κ2) is 8.45. The summed E-state index contributed by atoms with van der Waals surface area (Å²) in [7, 11) is 1.56. The number of hydrogen-bond donors (Lipinski definition) is 1. The van der Waals surface area contributed by atoms with E-state index in [1.165, 1.54) is 0 Å². The van der Waals surface area contributed by atoms with Gasteiger partial charge in [0.15, 0.2) is 0 Å². The van der Waals surface area contributed by atoms with Crippen LogP contribution in [0.4, 0.5) is 9.59 Å². The zero-order valence-electron chi connectivity index (χ0n) is 16.4. The normalized spacial score (nSPS) is 21.3. The number of carbonyl (C=O) groups excluding carboxylic acids is 2. The predicted octanol–water partition coefficient (Wildman–Crippen LogP) is 3.30. The molecule has 1 saturated heterocycles. The number of likely N-dealkylation sites (tertiary alicyclic amines) is 1. The highest BCUT2D eigenvalue weighted by Crippen LogP contribution is 2.26. The van der Waals surface area contributed by atoms with Gasteiger partial charge < -0.3 is 24.4 Å². The molecule has 2 amide bonds. The summed E-state index contributed by atoms with van der Waals surface area (Å²) < 4.78 is 15.7. The third-order valence-electron chi connectivity index (χ3n) is 3.43. The number of nitrogens with one attached hydrogen (secondary N) is 1. The van der Waals surface area contributed by atoms with Crippen molar-refractivity contribution in [2.24, 2.45) is 5.92 Å². The summed E-state index contributed by atoms with van der Waals surface area (Å²) in [5, 5.41) is 2.77. The summed E-state index contributed by atoms with van der Waals surface area (Å²) in [5.41, 5.74) is -1.09. The zero-order valence-corrected chi connectivity index (χ0v) is 16.4. The monoisotopic (exact) mass is 356 g/mol. The van der Waals surface area contributed by atoms with Gasteiger partial charge in [-0.15, -0.1) is 0 Å². The molecule has 0 radical (unpaired) electrons. The number of rotatable bonds is 4. The van der Waals surface area contributed by atoms with Gasteiger partial charge in [-0.2, -0.15) is 0 Å². The first-order chi connectivity index (χ1) is 11.4. The number of hydrogen-bond acceptors (Lipinski definition) is 5. The molecule has 7 nitrogen and oxygen atoms in total. The van der Waals surface area contributed by atoms with Crippen LogP contribution < -0.4 is 5.32 Å². The van der Waals surface area contributed by atoms with E-state index in [9.17, 15) is 9.59 Å². The number of alkyl carbamates (subject to hydrolysis) is 1. The van der Waals surface area contributed by atoms with Gasteiger partial charge in [0.2, 0.25) is 0 Å². The van der Waals surface area contributed by atoms with E-state index in [0.29, 0.717) is 13.1 Å². The first kappa shape index (κ1) is 21.1. The Morgan fingerprint density at radius 1 is 1.12 bits per heavy atom. The van der Waals surface area contributed by atoms with Crippen LogP contribution in [0.15, 0.2) is 12.3 Å². The molecule has 7 heteroatoms. The first-order valence-corrected chi connectivity index (χ1v) is 8.57. The minimum Gasteiger partial charge on any atom is -0.505 e. The quantitative estimate of drug-likeness (QED) is 0.782. The SMILES string of the molecule is CO/C=C/[C@H]1C[C@H](CNC(=O)OC(C)(C)C)CN1C(=O)OC(C)(C)C. The Morgan fingerprint density at radius 2 is 1.72 bits per heavy atom. The van der Waals surface area contributed by atoms with Crippen molar-refractivity contribution in [2.45, 2.75) is 65.2 Å². The van der Waals surface area contributed by atoms with Crippen LogP contribution >= 0.6 is 0 Å². The van der Waals surface area contributed by atoms with E-state index < -0.39 is 17.3 Å². The molecule has 0 bridgehead atoms. The van der Waals surface area contributed by atoms with Crippen molar-refractivity contribution in [1.29, 1.82) is 0 Å². The minimum absolute atomic E-state index is 0.117. The number of amides is 2. The molecule has 1 rings (SSSR count). The van der Waals surface area contributed by atoms with Crippen LogP contribution in [0.1, 0.15) is 48.0 Å². The second-order valence-electron chi connectivity index (χ2n) is 8.25. The molecule has 1 fully saturated rings. The predicted molar refractivity (Wildman–Crippen MR) is 95.2 cm³/mol. The van der Waals surface area contributed by atoms with Gasteiger partial charge in [-0.3, -0.25) is 0 Å². The molecule has 144 valence electrons. The lowest BCUT2D eigenvalue weighted by Gasteiger charge is -2.27. The summed E-state index contributed by atoms with van der Waals surface area (Å²) in [6.07, 6.45) is 3.29. The smallest absolute Gasteiger partial charge is 0.410 e. The number of nitrogens with zero attached hydrogens (tertiary/aromatic N) is 1. The lowest BCUT2D eigenvalue weighted by Crippen LogP contribution is -2.40. The topological polar surface area (TPSA) is 77.1 Å². The third kappa shape index (κ3) is 8.14. The van der Waals surface area contributed by atoms with Crippen LogP contribution in [0.5, 0.6) is 0 Å². The van der Waals surface area contributed by atoms with Crippen LogP contribution in [0.2, 0.25) is 0 Å². The van der Waals surface area contributed by atoms with Crippen LogP contribution in [-0.4, -0.2) is 54.5 Å². The maximum absolute atomic E-state index is 12.4. The van der Waals surface area contributed by atoms with E-state index >= 15 is 0 Å². The van der Waals surface area contributed by atoms with Crippen molar-refractivity contribution in [3.05, 3.63) is 12.3 Å². The summed E-state index contributed by atoms with van der Waals surface area (Å²) in [6, 6.07) is -0.125. The van der Waals surface area contributed by atoms with Gasteiger partial charge in [-0.05, 0) is 60.0 Å². The van der Waals surface area contributed by atoms with Gasteiger partial charge >= 0.3 is 12.2 Å². The second-order valence-corrected chi connectivity index (χ2v) is 8.25. The highest BCUT2D eigenvalue weighted by molar-refractivity contribution is 5.69. The molecule has 1 heterocycles. The Kier molecular flexibility index (Phi) is 7.14. The fraction of sp³-hybridized carbons (Fsp3) is 0.778. The molecule has 0 aliphatic carbocycles. The average molecular weight is 356 g/mol. The van der Waals surface area contributed by atoms with Crippen molar-refractivity contribution in [3.63, 3.8) is 0 Å². The van der Waals surface area contributed by atoms with Gasteiger partial charge in [0.25, 0.3) is 0 Å². The Labute approximate surface area is 150 Å². The number of carbonyl (C=O) groups is 2. The zero-order chi connectivity index (χ0) is 19.3. The molecule has 0 aromatic heterocycles. The van der Waals surface area contributed by atoms with Crippen molar-refractivity contribution in [3.8, 4) is 0 Å². The molecule has 2 atom stereocenters. The Balaban J connectivity index is 2.65. The fourth-order valence-corrected chi connectivity index (χ4v) is 2.53. The van der Waals surface area contributed by atoms with Crippen molar-refractivity contribution >= 4 is 12.2 Å². The molecular formula is C18H32N2O5. The Morgan fingerprint density at radius 3 is 2.24 bits per heavy atom. The Hall–Kier alpha value is -1.92. The molecule has 0 aromatic carbocycles. The molecule has 0 aromatic rings. The van der Waals surface area contributed by atoms with Crippen LogP contribution in [0.25, 0.3) is 0 Å². The van der Waals surface area contributed by atoms with E-state index in [0.717, 1.165) is 6.42 Å². The standard InChI is InChI=1S/C18H32N2O5/c1-17(2,3)24-15(21)19-11-13-10-14(8-9-23-7)20(12-13)16(22)25-18(4,5)6/h8-9,13-14H,10-12H2,1-7H3,(H,19,21)/b9-8+/t13-,14+/m1/s1. The summed E-state index contributed by atoms with van der Waals surface area (Å²) >= 11 is 0. The van der Waals surface area contributed by atoms with Crippen molar-refractivity contribution in [2.75, 3.05) is 20.2 Å².